The molecule has 0 heterocycles. The standard InChI is InChI=1S/C13H18O4/c1-3-16-12(14)10-8-6-5-7-9-11(10)13(15)17-4-2/h5-6,8,11H,3-4,7,9H2,1-2H3. The van der Waals surface area contributed by atoms with E-state index in [9.17, 15) is 9.59 Å². The van der Waals surface area contributed by atoms with Gasteiger partial charge >= 0.3 is 11.9 Å². The Morgan fingerprint density at radius 3 is 2.65 bits per heavy atom. The van der Waals surface area contributed by atoms with Gasteiger partial charge in [-0.05, 0) is 26.7 Å². The molecule has 0 aromatic heterocycles. The molecule has 0 aromatic carbocycles. The molecule has 0 N–H and O–H groups in total. The first-order chi connectivity index (χ1) is 8.20. The van der Waals surface area contributed by atoms with E-state index in [0.717, 1.165) is 6.42 Å². The molecule has 0 fully saturated rings. The predicted octanol–water partition coefficient (Wildman–Crippen LogP) is 2.01. The molecule has 0 aliphatic heterocycles. The van der Waals surface area contributed by atoms with Crippen LogP contribution in [-0.4, -0.2) is 25.2 Å². The summed E-state index contributed by atoms with van der Waals surface area (Å²) in [6, 6.07) is 0. The minimum Gasteiger partial charge on any atom is -0.466 e. The second kappa shape index (κ2) is 6.89. The largest absolute Gasteiger partial charge is 0.466 e. The normalized spacial score (nSPS) is 19.2. The van der Waals surface area contributed by atoms with Crippen LogP contribution in [0.25, 0.3) is 0 Å². The SMILES string of the molecule is CCOC(=O)C1=CC=CCCC1C(=O)OCC. The maximum Gasteiger partial charge on any atom is 0.334 e. The zero-order chi connectivity index (χ0) is 12.7. The lowest BCUT2D eigenvalue weighted by molar-refractivity contribution is -0.150. The lowest BCUT2D eigenvalue weighted by Crippen LogP contribution is -2.25. The van der Waals surface area contributed by atoms with Gasteiger partial charge in [0, 0.05) is 0 Å². The van der Waals surface area contributed by atoms with Gasteiger partial charge in [0.1, 0.15) is 0 Å². The number of carbonyl (C=O) groups excluding carboxylic acids is 2. The van der Waals surface area contributed by atoms with Gasteiger partial charge in [-0.2, -0.15) is 0 Å². The van der Waals surface area contributed by atoms with Crippen molar-refractivity contribution in [3.8, 4) is 0 Å². The zero-order valence-corrected chi connectivity index (χ0v) is 10.3. The lowest BCUT2D eigenvalue weighted by atomic mass is 9.95. The van der Waals surface area contributed by atoms with E-state index in [2.05, 4.69) is 0 Å². The highest BCUT2D eigenvalue weighted by molar-refractivity contribution is 5.96. The lowest BCUT2D eigenvalue weighted by Gasteiger charge is -2.16. The number of hydrogen-bond donors (Lipinski definition) is 0. The van der Waals surface area contributed by atoms with Gasteiger partial charge < -0.3 is 9.47 Å². The Balaban J connectivity index is 2.85. The maximum absolute atomic E-state index is 11.8. The highest BCUT2D eigenvalue weighted by Crippen LogP contribution is 2.23. The van der Waals surface area contributed by atoms with Gasteiger partial charge in [-0.1, -0.05) is 18.2 Å². The van der Waals surface area contributed by atoms with Gasteiger partial charge in [-0.3, -0.25) is 4.79 Å². The van der Waals surface area contributed by atoms with Crippen LogP contribution < -0.4 is 0 Å². The summed E-state index contributed by atoms with van der Waals surface area (Å²) >= 11 is 0. The summed E-state index contributed by atoms with van der Waals surface area (Å²) < 4.78 is 9.93. The number of esters is 2. The summed E-state index contributed by atoms with van der Waals surface area (Å²) in [6.07, 6.45) is 6.69. The molecule has 0 aromatic rings. The fourth-order valence-electron chi connectivity index (χ4n) is 1.71. The molecule has 0 bridgehead atoms. The van der Waals surface area contributed by atoms with Crippen LogP contribution in [0.1, 0.15) is 26.7 Å². The van der Waals surface area contributed by atoms with Crippen LogP contribution in [0.2, 0.25) is 0 Å². The van der Waals surface area contributed by atoms with E-state index < -0.39 is 11.9 Å². The molecule has 1 atom stereocenters. The highest BCUT2D eigenvalue weighted by Gasteiger charge is 2.29. The van der Waals surface area contributed by atoms with Gasteiger partial charge in [0.05, 0.1) is 24.7 Å². The first-order valence-corrected chi connectivity index (χ1v) is 5.91. The van der Waals surface area contributed by atoms with Crippen molar-refractivity contribution in [2.24, 2.45) is 5.92 Å². The third-order valence-corrected chi connectivity index (χ3v) is 2.49. The van der Waals surface area contributed by atoms with Gasteiger partial charge in [-0.15, -0.1) is 0 Å². The molecule has 0 amide bonds. The van der Waals surface area contributed by atoms with E-state index in [-0.39, 0.29) is 5.97 Å². The molecule has 4 nitrogen and oxygen atoms in total. The van der Waals surface area contributed by atoms with Crippen LogP contribution in [0, 0.1) is 5.92 Å². The average Bonchev–Trinajstić information content (AvgIpc) is 2.54. The first kappa shape index (κ1) is 13.5. The predicted molar refractivity (Wildman–Crippen MR) is 63.2 cm³/mol. The van der Waals surface area contributed by atoms with E-state index in [1.54, 1.807) is 26.0 Å². The monoisotopic (exact) mass is 238 g/mol. The Hall–Kier alpha value is -1.58. The molecule has 0 radical (unpaired) electrons. The molecular formula is C13H18O4. The molecular weight excluding hydrogens is 220 g/mol. The summed E-state index contributed by atoms with van der Waals surface area (Å²) in [4.78, 5) is 23.5. The summed E-state index contributed by atoms with van der Waals surface area (Å²) in [5, 5.41) is 0. The fraction of sp³-hybridized carbons (Fsp3) is 0.538. The third-order valence-electron chi connectivity index (χ3n) is 2.49. The fourth-order valence-corrected chi connectivity index (χ4v) is 1.71. The van der Waals surface area contributed by atoms with Crippen LogP contribution in [0.3, 0.4) is 0 Å². The Morgan fingerprint density at radius 2 is 2.00 bits per heavy atom. The third kappa shape index (κ3) is 3.73. The zero-order valence-electron chi connectivity index (χ0n) is 10.3. The van der Waals surface area contributed by atoms with Crippen molar-refractivity contribution in [2.45, 2.75) is 26.7 Å². The quantitative estimate of drug-likeness (QED) is 0.703. The maximum atomic E-state index is 11.8. The number of allylic oxidation sites excluding steroid dienone is 3. The Kier molecular flexibility index (Phi) is 5.46. The number of ether oxygens (including phenoxy) is 2. The topological polar surface area (TPSA) is 52.6 Å². The minimum absolute atomic E-state index is 0.301. The Labute approximate surface area is 101 Å². The highest BCUT2D eigenvalue weighted by atomic mass is 16.5. The van der Waals surface area contributed by atoms with Crippen molar-refractivity contribution >= 4 is 11.9 Å². The molecule has 0 spiro atoms. The molecule has 4 heteroatoms. The molecule has 94 valence electrons. The van der Waals surface area contributed by atoms with Crippen LogP contribution in [0.15, 0.2) is 23.8 Å². The average molecular weight is 238 g/mol. The van der Waals surface area contributed by atoms with Crippen molar-refractivity contribution in [1.29, 1.82) is 0 Å². The summed E-state index contributed by atoms with van der Waals surface area (Å²) in [5.74, 6) is -1.29. The Morgan fingerprint density at radius 1 is 1.29 bits per heavy atom. The van der Waals surface area contributed by atoms with Crippen LogP contribution >= 0.6 is 0 Å². The van der Waals surface area contributed by atoms with E-state index in [0.29, 0.717) is 25.2 Å². The van der Waals surface area contributed by atoms with Crippen LogP contribution in [-0.2, 0) is 19.1 Å². The van der Waals surface area contributed by atoms with E-state index >= 15 is 0 Å². The van der Waals surface area contributed by atoms with E-state index in [1.165, 1.54) is 0 Å². The molecule has 1 aliphatic carbocycles. The van der Waals surface area contributed by atoms with Crippen LogP contribution in [0.4, 0.5) is 0 Å². The first-order valence-electron chi connectivity index (χ1n) is 5.91. The smallest absolute Gasteiger partial charge is 0.334 e. The molecule has 0 saturated carbocycles. The summed E-state index contributed by atoms with van der Waals surface area (Å²) in [5.41, 5.74) is 0.388. The van der Waals surface area contributed by atoms with Crippen molar-refractivity contribution in [3.63, 3.8) is 0 Å². The molecule has 0 saturated heterocycles. The van der Waals surface area contributed by atoms with Gasteiger partial charge in [0.15, 0.2) is 0 Å². The molecule has 1 rings (SSSR count). The molecule has 1 aliphatic rings. The van der Waals surface area contributed by atoms with Crippen molar-refractivity contribution in [3.05, 3.63) is 23.8 Å². The van der Waals surface area contributed by atoms with Crippen LogP contribution in [0.5, 0.6) is 0 Å². The van der Waals surface area contributed by atoms with E-state index in [1.807, 2.05) is 6.08 Å². The number of rotatable bonds is 4. The van der Waals surface area contributed by atoms with Gasteiger partial charge in [-0.25, -0.2) is 4.79 Å². The van der Waals surface area contributed by atoms with E-state index in [4.69, 9.17) is 9.47 Å². The number of hydrogen-bond acceptors (Lipinski definition) is 4. The van der Waals surface area contributed by atoms with Gasteiger partial charge in [0.2, 0.25) is 0 Å². The second-order valence-electron chi connectivity index (χ2n) is 3.65. The Bertz CT molecular complexity index is 341. The minimum atomic E-state index is -0.510. The van der Waals surface area contributed by atoms with Crippen molar-refractivity contribution < 1.29 is 19.1 Å². The second-order valence-corrected chi connectivity index (χ2v) is 3.65. The van der Waals surface area contributed by atoms with Crippen molar-refractivity contribution in [1.82, 2.24) is 0 Å². The molecule has 1 unspecified atom stereocenters. The number of carbonyl (C=O) groups is 2. The summed E-state index contributed by atoms with van der Waals surface area (Å²) in [6.45, 7) is 4.11. The molecule has 17 heavy (non-hydrogen) atoms. The van der Waals surface area contributed by atoms with Crippen molar-refractivity contribution in [2.75, 3.05) is 13.2 Å². The van der Waals surface area contributed by atoms with Gasteiger partial charge in [0.25, 0.3) is 0 Å². The summed E-state index contributed by atoms with van der Waals surface area (Å²) in [7, 11) is 0.